The first-order valence-electron chi connectivity index (χ1n) is 8.58. The van der Waals surface area contributed by atoms with E-state index in [2.05, 4.69) is 5.32 Å². The van der Waals surface area contributed by atoms with Gasteiger partial charge in [0.05, 0.1) is 0 Å². The van der Waals surface area contributed by atoms with Gasteiger partial charge < -0.3 is 20.3 Å². The van der Waals surface area contributed by atoms with Gasteiger partial charge in [0.25, 0.3) is 0 Å². The van der Waals surface area contributed by atoms with Crippen molar-refractivity contribution < 1.29 is 19.7 Å². The summed E-state index contributed by atoms with van der Waals surface area (Å²) >= 11 is 1.37. The summed E-state index contributed by atoms with van der Waals surface area (Å²) in [7, 11) is 0. The lowest BCUT2D eigenvalue weighted by Gasteiger charge is -2.17. The van der Waals surface area contributed by atoms with E-state index in [1.807, 2.05) is 72.1 Å². The number of rotatable bonds is 7. The summed E-state index contributed by atoms with van der Waals surface area (Å²) in [5.74, 6) is 0. The Morgan fingerprint density at radius 2 is 1.67 bits per heavy atom. The number of nitrogens with one attached hydrogen (secondary N) is 1. The molecule has 1 aromatic heterocycles. The number of aliphatic hydroxyl groups excluding tert-OH is 2. The van der Waals surface area contributed by atoms with Crippen molar-refractivity contribution in [3.05, 3.63) is 82.6 Å². The Labute approximate surface area is 161 Å². The summed E-state index contributed by atoms with van der Waals surface area (Å²) < 4.78 is 5.09. The second kappa shape index (κ2) is 9.32. The topological polar surface area (TPSA) is 78.8 Å². The van der Waals surface area contributed by atoms with Crippen molar-refractivity contribution in [2.75, 3.05) is 6.54 Å². The predicted octanol–water partition coefficient (Wildman–Crippen LogP) is 3.74. The van der Waals surface area contributed by atoms with Gasteiger partial charge in [-0.25, -0.2) is 4.79 Å². The molecule has 0 saturated heterocycles. The lowest BCUT2D eigenvalue weighted by Crippen LogP contribution is -2.35. The molecule has 140 valence electrons. The number of benzene rings is 2. The molecule has 3 rings (SSSR count). The van der Waals surface area contributed by atoms with Gasteiger partial charge in [0.15, 0.2) is 0 Å². The van der Waals surface area contributed by atoms with Crippen molar-refractivity contribution in [3.8, 4) is 11.1 Å². The van der Waals surface area contributed by atoms with Crippen molar-refractivity contribution in [2.45, 2.75) is 18.8 Å². The molecule has 3 aromatic rings. The number of hydrogen-bond donors (Lipinski definition) is 3. The monoisotopic (exact) mass is 383 g/mol. The molecule has 0 aliphatic carbocycles. The molecule has 0 aliphatic heterocycles. The molecule has 0 fully saturated rings. The Hall–Kier alpha value is -2.67. The van der Waals surface area contributed by atoms with Crippen LogP contribution in [0.1, 0.15) is 16.5 Å². The van der Waals surface area contributed by atoms with Crippen molar-refractivity contribution in [1.29, 1.82) is 0 Å². The zero-order valence-electron chi connectivity index (χ0n) is 14.6. The van der Waals surface area contributed by atoms with Crippen molar-refractivity contribution in [3.63, 3.8) is 0 Å². The Bertz CT molecular complexity index is 851. The van der Waals surface area contributed by atoms with Crippen LogP contribution >= 0.6 is 11.3 Å². The van der Waals surface area contributed by atoms with Crippen LogP contribution in [0.4, 0.5) is 4.79 Å². The van der Waals surface area contributed by atoms with Crippen LogP contribution in [0.5, 0.6) is 0 Å². The van der Waals surface area contributed by atoms with Crippen molar-refractivity contribution in [2.24, 2.45) is 0 Å². The molecule has 27 heavy (non-hydrogen) atoms. The smallest absolute Gasteiger partial charge is 0.407 e. The highest BCUT2D eigenvalue weighted by atomic mass is 32.1. The van der Waals surface area contributed by atoms with E-state index in [1.165, 1.54) is 11.3 Å². The normalized spacial score (nSPS) is 13.0. The van der Waals surface area contributed by atoms with Gasteiger partial charge in [0, 0.05) is 11.4 Å². The molecule has 0 bridgehead atoms. The number of amides is 1. The number of hydrogen-bond acceptors (Lipinski definition) is 5. The van der Waals surface area contributed by atoms with Crippen LogP contribution in [0.2, 0.25) is 0 Å². The summed E-state index contributed by atoms with van der Waals surface area (Å²) in [5.41, 5.74) is 2.90. The average Bonchev–Trinajstić information content (AvgIpc) is 3.21. The van der Waals surface area contributed by atoms with Crippen LogP contribution in [0.3, 0.4) is 0 Å². The van der Waals surface area contributed by atoms with E-state index in [0.717, 1.165) is 16.7 Å². The minimum absolute atomic E-state index is 0.104. The van der Waals surface area contributed by atoms with E-state index in [-0.39, 0.29) is 13.2 Å². The van der Waals surface area contributed by atoms with E-state index in [9.17, 15) is 15.0 Å². The molecule has 0 aliphatic rings. The van der Waals surface area contributed by atoms with E-state index >= 15 is 0 Å². The van der Waals surface area contributed by atoms with Gasteiger partial charge in [-0.1, -0.05) is 60.7 Å². The van der Waals surface area contributed by atoms with Gasteiger partial charge in [-0.05, 0) is 28.1 Å². The van der Waals surface area contributed by atoms with E-state index in [4.69, 9.17) is 4.74 Å². The summed E-state index contributed by atoms with van der Waals surface area (Å²) in [6, 6.07) is 21.0. The highest BCUT2D eigenvalue weighted by Gasteiger charge is 2.21. The van der Waals surface area contributed by atoms with Gasteiger partial charge in [-0.2, -0.15) is 0 Å². The highest BCUT2D eigenvalue weighted by molar-refractivity contribution is 7.10. The third-order valence-corrected chi connectivity index (χ3v) is 5.05. The minimum atomic E-state index is -1.13. The second-order valence-corrected chi connectivity index (χ2v) is 7.00. The van der Waals surface area contributed by atoms with E-state index in [1.54, 1.807) is 0 Å². The zero-order chi connectivity index (χ0) is 19.1. The highest BCUT2D eigenvalue weighted by Crippen LogP contribution is 2.30. The van der Waals surface area contributed by atoms with Gasteiger partial charge in [-0.15, -0.1) is 11.3 Å². The lowest BCUT2D eigenvalue weighted by molar-refractivity contribution is 0.0205. The standard InChI is InChI=1S/C21H21NO4S/c23-18(12-22-21(25)26-13-15-7-3-1-4-8-15)20(24)19-11-17(14-27-19)16-9-5-2-6-10-16/h1-11,14,18,20,23-24H,12-13H2,(H,22,25). The lowest BCUT2D eigenvalue weighted by atomic mass is 10.1. The van der Waals surface area contributed by atoms with Gasteiger partial charge >= 0.3 is 6.09 Å². The van der Waals surface area contributed by atoms with Gasteiger partial charge in [0.2, 0.25) is 0 Å². The van der Waals surface area contributed by atoms with Crippen molar-refractivity contribution >= 4 is 17.4 Å². The molecule has 2 atom stereocenters. The van der Waals surface area contributed by atoms with Gasteiger partial charge in [-0.3, -0.25) is 0 Å². The fourth-order valence-electron chi connectivity index (χ4n) is 2.55. The molecule has 1 heterocycles. The van der Waals surface area contributed by atoms with Crippen LogP contribution < -0.4 is 5.32 Å². The quantitative estimate of drug-likeness (QED) is 0.581. The Kier molecular flexibility index (Phi) is 6.59. The molecule has 1 amide bonds. The fourth-order valence-corrected chi connectivity index (χ4v) is 3.51. The molecule has 0 saturated carbocycles. The number of alkyl carbamates (subject to hydrolysis) is 1. The largest absolute Gasteiger partial charge is 0.445 e. The van der Waals surface area contributed by atoms with Crippen LogP contribution in [0, 0.1) is 0 Å². The maximum atomic E-state index is 11.7. The van der Waals surface area contributed by atoms with Gasteiger partial charge in [0.1, 0.15) is 18.8 Å². The molecule has 5 nitrogen and oxygen atoms in total. The molecule has 0 radical (unpaired) electrons. The maximum Gasteiger partial charge on any atom is 0.407 e. The number of carbonyl (C=O) groups is 1. The van der Waals surface area contributed by atoms with E-state index < -0.39 is 18.3 Å². The summed E-state index contributed by atoms with van der Waals surface area (Å²) in [6.07, 6.45) is -2.85. The first kappa shape index (κ1) is 19.1. The van der Waals surface area contributed by atoms with E-state index in [0.29, 0.717) is 4.88 Å². The molecule has 0 spiro atoms. The summed E-state index contributed by atoms with van der Waals surface area (Å²) in [4.78, 5) is 12.4. The zero-order valence-corrected chi connectivity index (χ0v) is 15.4. The van der Waals surface area contributed by atoms with Crippen LogP contribution in [0.15, 0.2) is 72.1 Å². The third-order valence-electron chi connectivity index (χ3n) is 4.05. The first-order valence-corrected chi connectivity index (χ1v) is 9.46. The summed E-state index contributed by atoms with van der Waals surface area (Å²) in [6.45, 7) is 0.0457. The molecular formula is C21H21NO4S. The fraction of sp³-hybridized carbons (Fsp3) is 0.190. The number of ether oxygens (including phenoxy) is 1. The Morgan fingerprint density at radius 3 is 2.37 bits per heavy atom. The SMILES string of the molecule is O=C(NCC(O)C(O)c1cc(-c2ccccc2)cs1)OCc1ccccc1. The first-order chi connectivity index (χ1) is 13.1. The number of thiophene rings is 1. The molecular weight excluding hydrogens is 362 g/mol. The Balaban J connectivity index is 1.48. The third kappa shape index (κ3) is 5.40. The Morgan fingerprint density at radius 1 is 1.00 bits per heavy atom. The predicted molar refractivity (Wildman–Crippen MR) is 105 cm³/mol. The minimum Gasteiger partial charge on any atom is -0.445 e. The maximum absolute atomic E-state index is 11.7. The number of carbonyl (C=O) groups excluding carboxylic acids is 1. The van der Waals surface area contributed by atoms with Crippen LogP contribution in [-0.2, 0) is 11.3 Å². The summed E-state index contributed by atoms with van der Waals surface area (Å²) in [5, 5.41) is 24.9. The molecule has 6 heteroatoms. The van der Waals surface area contributed by atoms with Crippen LogP contribution in [-0.4, -0.2) is 29.0 Å². The van der Waals surface area contributed by atoms with Crippen molar-refractivity contribution in [1.82, 2.24) is 5.32 Å². The number of aliphatic hydroxyl groups is 2. The van der Waals surface area contributed by atoms with Crippen LogP contribution in [0.25, 0.3) is 11.1 Å². The molecule has 2 aromatic carbocycles. The second-order valence-electron chi connectivity index (χ2n) is 6.06. The molecule has 3 N–H and O–H groups in total. The average molecular weight is 383 g/mol. The molecule has 2 unspecified atom stereocenters.